The third-order valence-corrected chi connectivity index (χ3v) is 3.24. The standard InChI is InChI=1S/C14H15N3O4/c1-2-16(9-7-13(18)19)12-6-5-11(17(20)21)10-4-3-8-15-14(10)12/h3-6,8H,2,7,9H2,1H3,(H,18,19). The number of nitro benzene ring substituents is 1. The number of aromatic nitrogens is 1. The lowest BCUT2D eigenvalue weighted by atomic mass is 10.1. The fourth-order valence-electron chi connectivity index (χ4n) is 2.24. The molecule has 0 radical (unpaired) electrons. The van der Waals surface area contributed by atoms with Crippen LogP contribution >= 0.6 is 0 Å². The number of aliphatic carboxylic acids is 1. The van der Waals surface area contributed by atoms with Gasteiger partial charge < -0.3 is 10.0 Å². The quantitative estimate of drug-likeness (QED) is 0.648. The monoisotopic (exact) mass is 289 g/mol. The number of anilines is 1. The second-order valence-electron chi connectivity index (χ2n) is 4.48. The van der Waals surface area contributed by atoms with Gasteiger partial charge in [-0.15, -0.1) is 0 Å². The lowest BCUT2D eigenvalue weighted by Crippen LogP contribution is -2.26. The summed E-state index contributed by atoms with van der Waals surface area (Å²) in [6.45, 7) is 2.82. The molecule has 0 saturated carbocycles. The molecule has 7 nitrogen and oxygen atoms in total. The molecule has 0 aliphatic carbocycles. The zero-order valence-corrected chi connectivity index (χ0v) is 11.5. The molecule has 0 atom stereocenters. The highest BCUT2D eigenvalue weighted by Gasteiger charge is 2.18. The van der Waals surface area contributed by atoms with Gasteiger partial charge in [-0.3, -0.25) is 19.9 Å². The van der Waals surface area contributed by atoms with Gasteiger partial charge in [0, 0.05) is 25.4 Å². The molecule has 0 saturated heterocycles. The highest BCUT2D eigenvalue weighted by atomic mass is 16.6. The summed E-state index contributed by atoms with van der Waals surface area (Å²) in [5, 5.41) is 20.3. The minimum Gasteiger partial charge on any atom is -0.481 e. The molecule has 7 heteroatoms. The Hall–Kier alpha value is -2.70. The van der Waals surface area contributed by atoms with E-state index in [4.69, 9.17) is 5.11 Å². The van der Waals surface area contributed by atoms with E-state index in [1.54, 1.807) is 24.4 Å². The van der Waals surface area contributed by atoms with Gasteiger partial charge in [-0.25, -0.2) is 0 Å². The summed E-state index contributed by atoms with van der Waals surface area (Å²) in [6.07, 6.45) is 1.57. The summed E-state index contributed by atoms with van der Waals surface area (Å²) in [5.74, 6) is -0.882. The van der Waals surface area contributed by atoms with E-state index in [0.29, 0.717) is 29.7 Å². The molecule has 2 aromatic rings. The first-order valence-electron chi connectivity index (χ1n) is 6.53. The van der Waals surface area contributed by atoms with Crippen LogP contribution in [0.15, 0.2) is 30.5 Å². The number of nitro groups is 1. The molecule has 0 bridgehead atoms. The Morgan fingerprint density at radius 2 is 2.19 bits per heavy atom. The number of fused-ring (bicyclic) bond motifs is 1. The van der Waals surface area contributed by atoms with Crippen LogP contribution in [0, 0.1) is 10.1 Å². The summed E-state index contributed by atoms with van der Waals surface area (Å²) in [7, 11) is 0. The molecule has 1 aromatic heterocycles. The predicted octanol–water partition coefficient (Wildman–Crippen LogP) is 2.44. The van der Waals surface area contributed by atoms with Crippen LogP contribution in [0.5, 0.6) is 0 Å². The van der Waals surface area contributed by atoms with Crippen molar-refractivity contribution >= 4 is 28.2 Å². The number of hydrogen-bond donors (Lipinski definition) is 1. The lowest BCUT2D eigenvalue weighted by Gasteiger charge is -2.23. The molecule has 0 spiro atoms. The van der Waals surface area contributed by atoms with E-state index in [-0.39, 0.29) is 12.1 Å². The molecular weight excluding hydrogens is 274 g/mol. The summed E-state index contributed by atoms with van der Waals surface area (Å²) < 4.78 is 0. The van der Waals surface area contributed by atoms with Crippen molar-refractivity contribution in [2.45, 2.75) is 13.3 Å². The molecule has 110 valence electrons. The smallest absolute Gasteiger partial charge is 0.305 e. The Morgan fingerprint density at radius 1 is 1.43 bits per heavy atom. The minimum atomic E-state index is -0.882. The zero-order chi connectivity index (χ0) is 15.4. The van der Waals surface area contributed by atoms with Gasteiger partial charge in [0.25, 0.3) is 5.69 Å². The third-order valence-electron chi connectivity index (χ3n) is 3.24. The number of non-ortho nitro benzene ring substituents is 1. The largest absolute Gasteiger partial charge is 0.481 e. The molecule has 0 fully saturated rings. The van der Waals surface area contributed by atoms with Crippen LogP contribution in [0.3, 0.4) is 0 Å². The maximum absolute atomic E-state index is 11.1. The van der Waals surface area contributed by atoms with Crippen molar-refractivity contribution in [3.05, 3.63) is 40.6 Å². The molecule has 2 rings (SSSR count). The zero-order valence-electron chi connectivity index (χ0n) is 11.5. The molecule has 0 aliphatic rings. The first-order chi connectivity index (χ1) is 10.0. The topological polar surface area (TPSA) is 96.6 Å². The first-order valence-corrected chi connectivity index (χ1v) is 6.53. The van der Waals surface area contributed by atoms with Crippen LogP contribution in [0.4, 0.5) is 11.4 Å². The predicted molar refractivity (Wildman–Crippen MR) is 78.5 cm³/mol. The van der Waals surface area contributed by atoms with Crippen molar-refractivity contribution in [3.8, 4) is 0 Å². The fraction of sp³-hybridized carbons (Fsp3) is 0.286. The molecule has 0 unspecified atom stereocenters. The minimum absolute atomic E-state index is 0.000839. The van der Waals surface area contributed by atoms with Gasteiger partial charge >= 0.3 is 5.97 Å². The van der Waals surface area contributed by atoms with Gasteiger partial charge in [-0.05, 0) is 25.1 Å². The Labute approximate surface area is 121 Å². The summed E-state index contributed by atoms with van der Waals surface area (Å²) in [6, 6.07) is 6.35. The van der Waals surface area contributed by atoms with E-state index in [9.17, 15) is 14.9 Å². The SMILES string of the molecule is CCN(CCC(=O)O)c1ccc([N+](=O)[O-])c2cccnc12. The van der Waals surface area contributed by atoms with E-state index >= 15 is 0 Å². The van der Waals surface area contributed by atoms with E-state index in [1.165, 1.54) is 6.07 Å². The maximum atomic E-state index is 11.1. The molecule has 0 aliphatic heterocycles. The normalized spacial score (nSPS) is 10.5. The Kier molecular flexibility index (Phi) is 4.32. The molecule has 1 heterocycles. The first kappa shape index (κ1) is 14.7. The van der Waals surface area contributed by atoms with Crippen molar-refractivity contribution in [2.24, 2.45) is 0 Å². The Balaban J connectivity index is 2.51. The maximum Gasteiger partial charge on any atom is 0.305 e. The van der Waals surface area contributed by atoms with Crippen molar-refractivity contribution < 1.29 is 14.8 Å². The van der Waals surface area contributed by atoms with E-state index in [2.05, 4.69) is 4.98 Å². The van der Waals surface area contributed by atoms with Crippen molar-refractivity contribution in [2.75, 3.05) is 18.0 Å². The van der Waals surface area contributed by atoms with Gasteiger partial charge in [0.05, 0.1) is 22.4 Å². The number of hydrogen-bond acceptors (Lipinski definition) is 5. The summed E-state index contributed by atoms with van der Waals surface area (Å²) >= 11 is 0. The van der Waals surface area contributed by atoms with Gasteiger partial charge in [0.2, 0.25) is 0 Å². The second-order valence-corrected chi connectivity index (χ2v) is 4.48. The van der Waals surface area contributed by atoms with Crippen molar-refractivity contribution in [3.63, 3.8) is 0 Å². The van der Waals surface area contributed by atoms with Crippen molar-refractivity contribution in [1.82, 2.24) is 4.98 Å². The lowest BCUT2D eigenvalue weighted by molar-refractivity contribution is -0.383. The van der Waals surface area contributed by atoms with Crippen LogP contribution in [-0.2, 0) is 4.79 Å². The second kappa shape index (κ2) is 6.17. The number of rotatable bonds is 6. The molecule has 0 amide bonds. The van der Waals surface area contributed by atoms with Crippen molar-refractivity contribution in [1.29, 1.82) is 0 Å². The fourth-order valence-corrected chi connectivity index (χ4v) is 2.24. The Morgan fingerprint density at radius 3 is 2.81 bits per heavy atom. The van der Waals surface area contributed by atoms with E-state index in [1.807, 2.05) is 11.8 Å². The molecule has 1 aromatic carbocycles. The van der Waals surface area contributed by atoms with Gasteiger partial charge in [0.1, 0.15) is 5.52 Å². The summed E-state index contributed by atoms with van der Waals surface area (Å²) in [5.41, 5.74) is 1.22. The number of nitrogens with zero attached hydrogens (tertiary/aromatic N) is 3. The number of carboxylic acid groups (broad SMARTS) is 1. The van der Waals surface area contributed by atoms with Crippen LogP contribution in [0.2, 0.25) is 0 Å². The van der Waals surface area contributed by atoms with Crippen LogP contribution < -0.4 is 4.90 Å². The third kappa shape index (κ3) is 3.07. The van der Waals surface area contributed by atoms with Gasteiger partial charge in [0.15, 0.2) is 0 Å². The average molecular weight is 289 g/mol. The number of carboxylic acids is 1. The van der Waals surface area contributed by atoms with Gasteiger partial charge in [-0.2, -0.15) is 0 Å². The molecule has 21 heavy (non-hydrogen) atoms. The van der Waals surface area contributed by atoms with Gasteiger partial charge in [-0.1, -0.05) is 0 Å². The number of benzene rings is 1. The highest BCUT2D eigenvalue weighted by molar-refractivity contribution is 5.97. The molecular formula is C14H15N3O4. The number of carbonyl (C=O) groups is 1. The van der Waals surface area contributed by atoms with E-state index in [0.717, 1.165) is 0 Å². The van der Waals surface area contributed by atoms with Crippen LogP contribution in [0.25, 0.3) is 10.9 Å². The molecule has 1 N–H and O–H groups in total. The number of pyridine rings is 1. The highest BCUT2D eigenvalue weighted by Crippen LogP contribution is 2.31. The summed E-state index contributed by atoms with van der Waals surface area (Å²) in [4.78, 5) is 27.4. The average Bonchev–Trinajstić information content (AvgIpc) is 2.47. The van der Waals surface area contributed by atoms with E-state index < -0.39 is 10.9 Å². The van der Waals surface area contributed by atoms with Crippen LogP contribution in [0.1, 0.15) is 13.3 Å². The van der Waals surface area contributed by atoms with Crippen LogP contribution in [-0.4, -0.2) is 34.1 Å². The Bertz CT molecular complexity index is 687.